The number of nitrogens with one attached hydrogen (secondary N) is 2. The Balaban J connectivity index is 1.46. The number of guanidine groups is 1. The van der Waals surface area contributed by atoms with Crippen LogP contribution in [0.2, 0.25) is 0 Å². The van der Waals surface area contributed by atoms with E-state index in [0.29, 0.717) is 13.2 Å². The van der Waals surface area contributed by atoms with Crippen LogP contribution in [0.1, 0.15) is 32.6 Å². The van der Waals surface area contributed by atoms with Crippen molar-refractivity contribution in [1.82, 2.24) is 20.4 Å². The van der Waals surface area contributed by atoms with Gasteiger partial charge in [-0.25, -0.2) is 4.99 Å². The van der Waals surface area contributed by atoms with Gasteiger partial charge in [0.2, 0.25) is 5.91 Å². The number of aliphatic imine (C=N–C) groups is 1. The quantitative estimate of drug-likeness (QED) is 0.391. The molecule has 0 aromatic carbocycles. The molecule has 0 radical (unpaired) electrons. The molecule has 2 bridgehead atoms. The molecule has 0 spiro atoms. The summed E-state index contributed by atoms with van der Waals surface area (Å²) in [6, 6.07) is 0.821. The molecule has 7 heteroatoms. The van der Waals surface area contributed by atoms with E-state index in [9.17, 15) is 4.79 Å². The standard InChI is InChI=1S/C19H35N5O2/c1-3-20-19(22-14-18(25)21-6-11-26-2)24-9-7-23(8-10-24)17-13-15-4-5-16(17)12-15/h15-17H,3-14H2,1-2H3,(H,20,22)(H,21,25). The number of piperazine rings is 1. The molecule has 3 fully saturated rings. The summed E-state index contributed by atoms with van der Waals surface area (Å²) in [5.41, 5.74) is 0. The number of fused-ring (bicyclic) bond motifs is 2. The van der Waals surface area contributed by atoms with Crippen LogP contribution in [-0.4, -0.2) is 87.2 Å². The molecule has 3 rings (SSSR count). The van der Waals surface area contributed by atoms with E-state index >= 15 is 0 Å². The van der Waals surface area contributed by atoms with Crippen LogP contribution in [0.5, 0.6) is 0 Å². The Bertz CT molecular complexity index is 490. The lowest BCUT2D eigenvalue weighted by atomic mass is 9.93. The van der Waals surface area contributed by atoms with E-state index in [1.54, 1.807) is 7.11 Å². The maximum atomic E-state index is 11.9. The van der Waals surface area contributed by atoms with Gasteiger partial charge < -0.3 is 20.3 Å². The smallest absolute Gasteiger partial charge is 0.241 e. The molecule has 1 amide bonds. The first-order chi connectivity index (χ1) is 12.7. The molecular formula is C19H35N5O2. The van der Waals surface area contributed by atoms with Crippen molar-refractivity contribution < 1.29 is 9.53 Å². The van der Waals surface area contributed by atoms with Gasteiger partial charge in [-0.2, -0.15) is 0 Å². The first kappa shape index (κ1) is 19.4. The third kappa shape index (κ3) is 4.88. The van der Waals surface area contributed by atoms with E-state index in [2.05, 4.69) is 32.3 Å². The predicted molar refractivity (Wildman–Crippen MR) is 103 cm³/mol. The number of methoxy groups -OCH3 is 1. The van der Waals surface area contributed by atoms with Crippen LogP contribution < -0.4 is 10.6 Å². The largest absolute Gasteiger partial charge is 0.383 e. The molecule has 2 saturated carbocycles. The summed E-state index contributed by atoms with van der Waals surface area (Å²) < 4.78 is 4.95. The topological polar surface area (TPSA) is 69.2 Å². The highest BCUT2D eigenvalue weighted by molar-refractivity contribution is 5.85. The second-order valence-electron chi connectivity index (χ2n) is 7.78. The van der Waals surface area contributed by atoms with E-state index in [1.165, 1.54) is 25.7 Å². The van der Waals surface area contributed by atoms with Crippen molar-refractivity contribution in [2.24, 2.45) is 16.8 Å². The Morgan fingerprint density at radius 3 is 2.58 bits per heavy atom. The van der Waals surface area contributed by atoms with Crippen LogP contribution >= 0.6 is 0 Å². The number of hydrogen-bond acceptors (Lipinski definition) is 4. The number of rotatable bonds is 7. The maximum absolute atomic E-state index is 11.9. The number of carbonyl (C=O) groups is 1. The van der Waals surface area contributed by atoms with Gasteiger partial charge >= 0.3 is 0 Å². The molecule has 148 valence electrons. The molecule has 7 nitrogen and oxygen atoms in total. The molecule has 3 aliphatic rings. The van der Waals surface area contributed by atoms with Crippen LogP contribution in [0.4, 0.5) is 0 Å². The number of hydrogen-bond donors (Lipinski definition) is 2. The summed E-state index contributed by atoms with van der Waals surface area (Å²) in [6.45, 7) is 8.31. The highest BCUT2D eigenvalue weighted by Gasteiger charge is 2.42. The summed E-state index contributed by atoms with van der Waals surface area (Å²) in [5.74, 6) is 2.75. The predicted octanol–water partition coefficient (Wildman–Crippen LogP) is 0.521. The fraction of sp³-hybridized carbons (Fsp3) is 0.895. The Morgan fingerprint density at radius 2 is 1.96 bits per heavy atom. The van der Waals surface area contributed by atoms with Gasteiger partial charge in [-0.3, -0.25) is 9.69 Å². The van der Waals surface area contributed by atoms with Gasteiger partial charge in [0.15, 0.2) is 5.96 Å². The van der Waals surface area contributed by atoms with Crippen molar-refractivity contribution in [3.8, 4) is 0 Å². The normalized spacial score (nSPS) is 29.2. The molecule has 26 heavy (non-hydrogen) atoms. The molecule has 1 saturated heterocycles. The Morgan fingerprint density at radius 1 is 1.15 bits per heavy atom. The summed E-state index contributed by atoms with van der Waals surface area (Å²) in [4.78, 5) is 21.4. The van der Waals surface area contributed by atoms with Crippen LogP contribution in [0.15, 0.2) is 4.99 Å². The Hall–Kier alpha value is -1.34. The van der Waals surface area contributed by atoms with Gasteiger partial charge in [0.05, 0.1) is 6.61 Å². The minimum atomic E-state index is -0.0573. The molecular weight excluding hydrogens is 330 g/mol. The number of ether oxygens (including phenoxy) is 1. The number of carbonyl (C=O) groups excluding carboxylic acids is 1. The second-order valence-corrected chi connectivity index (χ2v) is 7.78. The molecule has 3 unspecified atom stereocenters. The second kappa shape index (κ2) is 9.55. The Labute approximate surface area is 157 Å². The van der Waals surface area contributed by atoms with Crippen molar-refractivity contribution in [3.05, 3.63) is 0 Å². The van der Waals surface area contributed by atoms with Gasteiger partial charge in [0.1, 0.15) is 6.54 Å². The fourth-order valence-corrected chi connectivity index (χ4v) is 4.84. The van der Waals surface area contributed by atoms with Crippen LogP contribution in [0.25, 0.3) is 0 Å². The Kier molecular flexibility index (Phi) is 7.14. The van der Waals surface area contributed by atoms with Gasteiger partial charge in [-0.15, -0.1) is 0 Å². The summed E-state index contributed by atoms with van der Waals surface area (Å²) in [6.07, 6.45) is 5.79. The van der Waals surface area contributed by atoms with E-state index in [4.69, 9.17) is 4.74 Å². The highest BCUT2D eigenvalue weighted by atomic mass is 16.5. The third-order valence-corrected chi connectivity index (χ3v) is 6.12. The van der Waals surface area contributed by atoms with Gasteiger partial charge in [-0.05, 0) is 38.0 Å². The lowest BCUT2D eigenvalue weighted by molar-refractivity contribution is -0.119. The SMILES string of the molecule is CCNC(=NCC(=O)NCCOC)N1CCN(C2CC3CCC2C3)CC1. The highest BCUT2D eigenvalue weighted by Crippen LogP contribution is 2.46. The minimum absolute atomic E-state index is 0.0573. The van der Waals surface area contributed by atoms with E-state index in [0.717, 1.165) is 56.6 Å². The first-order valence-corrected chi connectivity index (χ1v) is 10.2. The van der Waals surface area contributed by atoms with Crippen LogP contribution in [-0.2, 0) is 9.53 Å². The van der Waals surface area contributed by atoms with Gasteiger partial charge in [0.25, 0.3) is 0 Å². The van der Waals surface area contributed by atoms with Crippen LogP contribution in [0.3, 0.4) is 0 Å². The zero-order valence-corrected chi connectivity index (χ0v) is 16.4. The molecule has 1 heterocycles. The first-order valence-electron chi connectivity index (χ1n) is 10.2. The van der Waals surface area contributed by atoms with Gasteiger partial charge in [0, 0.05) is 52.4 Å². The van der Waals surface area contributed by atoms with Gasteiger partial charge in [-0.1, -0.05) is 6.42 Å². The lowest BCUT2D eigenvalue weighted by Gasteiger charge is -2.42. The van der Waals surface area contributed by atoms with Crippen molar-refractivity contribution in [2.75, 3.05) is 59.5 Å². The molecule has 0 aromatic rings. The molecule has 1 aliphatic heterocycles. The fourth-order valence-electron chi connectivity index (χ4n) is 4.84. The average Bonchev–Trinajstić information content (AvgIpc) is 3.29. The molecule has 2 N–H and O–H groups in total. The molecule has 3 atom stereocenters. The van der Waals surface area contributed by atoms with Crippen molar-refractivity contribution >= 4 is 11.9 Å². The van der Waals surface area contributed by atoms with Crippen molar-refractivity contribution in [1.29, 1.82) is 0 Å². The van der Waals surface area contributed by atoms with E-state index in [1.807, 2.05) is 0 Å². The average molecular weight is 366 g/mol. The number of nitrogens with zero attached hydrogens (tertiary/aromatic N) is 3. The van der Waals surface area contributed by atoms with E-state index in [-0.39, 0.29) is 12.5 Å². The minimum Gasteiger partial charge on any atom is -0.383 e. The van der Waals surface area contributed by atoms with Crippen molar-refractivity contribution in [3.63, 3.8) is 0 Å². The maximum Gasteiger partial charge on any atom is 0.241 e. The zero-order valence-electron chi connectivity index (χ0n) is 16.4. The zero-order chi connectivity index (χ0) is 18.4. The summed E-state index contributed by atoms with van der Waals surface area (Å²) in [5, 5.41) is 6.16. The third-order valence-electron chi connectivity index (χ3n) is 6.12. The lowest BCUT2D eigenvalue weighted by Crippen LogP contribution is -2.55. The molecule has 2 aliphatic carbocycles. The summed E-state index contributed by atoms with van der Waals surface area (Å²) >= 11 is 0. The molecule has 0 aromatic heterocycles. The monoisotopic (exact) mass is 365 g/mol. The summed E-state index contributed by atoms with van der Waals surface area (Å²) in [7, 11) is 1.63. The number of amides is 1. The van der Waals surface area contributed by atoms with E-state index < -0.39 is 0 Å². The van der Waals surface area contributed by atoms with Crippen molar-refractivity contribution in [2.45, 2.75) is 38.6 Å². The van der Waals surface area contributed by atoms with Crippen LogP contribution in [0, 0.1) is 11.8 Å².